The van der Waals surface area contributed by atoms with Crippen LogP contribution >= 0.6 is 11.6 Å². The number of amides is 2. The van der Waals surface area contributed by atoms with Gasteiger partial charge in [0.15, 0.2) is 0 Å². The first kappa shape index (κ1) is 20.3. The Morgan fingerprint density at radius 1 is 0.875 bits per heavy atom. The van der Waals surface area contributed by atoms with Crippen molar-refractivity contribution in [3.05, 3.63) is 94.1 Å². The molecule has 0 spiro atoms. The number of para-hydroxylation sites is 2. The average Bonchev–Trinajstić information content (AvgIpc) is 3.34. The van der Waals surface area contributed by atoms with E-state index in [1.165, 1.54) is 4.90 Å². The number of carbonyl (C=O) groups excluding carboxylic acids is 2. The van der Waals surface area contributed by atoms with Crippen LogP contribution in [0.1, 0.15) is 16.7 Å². The van der Waals surface area contributed by atoms with E-state index in [0.29, 0.717) is 45.4 Å². The summed E-state index contributed by atoms with van der Waals surface area (Å²) in [5.74, 6) is -0.208. The minimum Gasteiger partial charge on any atom is -0.496 e. The maximum Gasteiger partial charge on any atom is 0.282 e. The summed E-state index contributed by atoms with van der Waals surface area (Å²) in [4.78, 5) is 30.9. The normalized spacial score (nSPS) is 15.6. The second-order valence-electron chi connectivity index (χ2n) is 7.78. The highest BCUT2D eigenvalue weighted by Crippen LogP contribution is 2.43. The molecule has 0 fully saturated rings. The van der Waals surface area contributed by atoms with Gasteiger partial charge in [0, 0.05) is 22.8 Å². The zero-order chi connectivity index (χ0) is 22.4. The van der Waals surface area contributed by atoms with Crippen molar-refractivity contribution in [3.63, 3.8) is 0 Å². The van der Waals surface area contributed by atoms with Gasteiger partial charge in [-0.15, -0.1) is 0 Å². The van der Waals surface area contributed by atoms with Crippen LogP contribution < -0.4 is 14.5 Å². The number of methoxy groups -OCH3 is 1. The quantitative estimate of drug-likeness (QED) is 0.531. The summed E-state index contributed by atoms with van der Waals surface area (Å²) in [5, 5.41) is 0.502. The van der Waals surface area contributed by atoms with Crippen LogP contribution in [0.15, 0.2) is 72.4 Å². The molecule has 0 aliphatic carbocycles. The highest BCUT2D eigenvalue weighted by atomic mass is 35.5. The van der Waals surface area contributed by atoms with Crippen molar-refractivity contribution < 1.29 is 14.3 Å². The molecule has 0 unspecified atom stereocenters. The molecule has 32 heavy (non-hydrogen) atoms. The van der Waals surface area contributed by atoms with Gasteiger partial charge in [0.1, 0.15) is 11.4 Å². The summed E-state index contributed by atoms with van der Waals surface area (Å²) in [6, 6.07) is 20.5. The number of rotatable bonds is 4. The number of fused-ring (bicyclic) bond motifs is 1. The standard InChI is InChI=1S/C26H21ClN2O3/c1-16-19(27)10-7-12-20(16)29-25(30)23(18-9-4-6-13-22(18)32-2)24(26(29)31)28-15-14-17-8-3-5-11-21(17)28/h3-13H,14-15H2,1-2H3. The Bertz CT molecular complexity index is 1300. The van der Waals surface area contributed by atoms with E-state index < -0.39 is 0 Å². The van der Waals surface area contributed by atoms with Crippen molar-refractivity contribution in [3.8, 4) is 5.75 Å². The fourth-order valence-electron chi connectivity index (χ4n) is 4.49. The lowest BCUT2D eigenvalue weighted by Crippen LogP contribution is -2.35. The molecule has 5 nitrogen and oxygen atoms in total. The summed E-state index contributed by atoms with van der Waals surface area (Å²) in [7, 11) is 1.56. The Morgan fingerprint density at radius 2 is 1.59 bits per heavy atom. The molecular formula is C26H21ClN2O3. The van der Waals surface area contributed by atoms with Gasteiger partial charge in [0.25, 0.3) is 11.8 Å². The molecule has 3 aromatic carbocycles. The summed E-state index contributed by atoms with van der Waals surface area (Å²) in [5.41, 5.74) is 4.56. The van der Waals surface area contributed by atoms with Crippen LogP contribution in [0.3, 0.4) is 0 Å². The van der Waals surface area contributed by atoms with Gasteiger partial charge < -0.3 is 9.64 Å². The van der Waals surface area contributed by atoms with Crippen molar-refractivity contribution >= 4 is 40.4 Å². The van der Waals surface area contributed by atoms with E-state index in [9.17, 15) is 9.59 Å². The van der Waals surface area contributed by atoms with E-state index in [-0.39, 0.29) is 11.8 Å². The number of nitrogens with zero attached hydrogens (tertiary/aromatic N) is 2. The van der Waals surface area contributed by atoms with Crippen LogP contribution in [-0.4, -0.2) is 25.5 Å². The highest BCUT2D eigenvalue weighted by Gasteiger charge is 2.45. The summed E-state index contributed by atoms with van der Waals surface area (Å²) in [6.45, 7) is 2.43. The van der Waals surface area contributed by atoms with Crippen molar-refractivity contribution in [1.29, 1.82) is 0 Å². The molecule has 2 amide bonds. The molecule has 2 aliphatic heterocycles. The van der Waals surface area contributed by atoms with Crippen LogP contribution in [0.4, 0.5) is 11.4 Å². The van der Waals surface area contributed by atoms with Crippen molar-refractivity contribution in [2.24, 2.45) is 0 Å². The first-order valence-electron chi connectivity index (χ1n) is 10.4. The Balaban J connectivity index is 1.74. The topological polar surface area (TPSA) is 49.9 Å². The largest absolute Gasteiger partial charge is 0.496 e. The minimum atomic E-state index is -0.385. The van der Waals surface area contributed by atoms with E-state index in [1.807, 2.05) is 48.2 Å². The second kappa shape index (κ2) is 7.84. The van der Waals surface area contributed by atoms with Gasteiger partial charge in [0.05, 0.1) is 18.4 Å². The first-order chi connectivity index (χ1) is 15.5. The van der Waals surface area contributed by atoms with Gasteiger partial charge in [0.2, 0.25) is 0 Å². The minimum absolute atomic E-state index is 0.337. The van der Waals surface area contributed by atoms with E-state index in [0.717, 1.165) is 17.7 Å². The molecular weight excluding hydrogens is 424 g/mol. The Hall–Kier alpha value is -3.57. The Labute approximate surface area is 191 Å². The number of ether oxygens (including phenoxy) is 1. The monoisotopic (exact) mass is 444 g/mol. The van der Waals surface area contributed by atoms with Gasteiger partial charge in [-0.05, 0) is 48.7 Å². The van der Waals surface area contributed by atoms with Crippen molar-refractivity contribution in [2.45, 2.75) is 13.3 Å². The number of hydrogen-bond donors (Lipinski definition) is 0. The van der Waals surface area contributed by atoms with Crippen LogP contribution in [0.2, 0.25) is 5.02 Å². The maximum absolute atomic E-state index is 13.9. The third-order valence-corrected chi connectivity index (χ3v) is 6.48. The molecule has 0 saturated carbocycles. The highest BCUT2D eigenvalue weighted by molar-refractivity contribution is 6.47. The van der Waals surface area contributed by atoms with Gasteiger partial charge in [-0.1, -0.05) is 54.1 Å². The van der Waals surface area contributed by atoms with Crippen molar-refractivity contribution in [1.82, 2.24) is 0 Å². The predicted molar refractivity (Wildman–Crippen MR) is 126 cm³/mol. The van der Waals surface area contributed by atoms with Gasteiger partial charge >= 0.3 is 0 Å². The second-order valence-corrected chi connectivity index (χ2v) is 8.19. The SMILES string of the molecule is COc1ccccc1C1=C(N2CCc3ccccc32)C(=O)N(c2cccc(Cl)c2C)C1=O. The third-order valence-electron chi connectivity index (χ3n) is 6.07. The Morgan fingerprint density at radius 3 is 2.41 bits per heavy atom. The summed E-state index contributed by atoms with van der Waals surface area (Å²) >= 11 is 6.33. The van der Waals surface area contributed by atoms with E-state index in [4.69, 9.17) is 16.3 Å². The molecule has 2 heterocycles. The van der Waals surface area contributed by atoms with Gasteiger partial charge in [-0.25, -0.2) is 4.90 Å². The van der Waals surface area contributed by atoms with Crippen LogP contribution in [0.25, 0.3) is 5.57 Å². The molecule has 0 aromatic heterocycles. The fourth-order valence-corrected chi connectivity index (χ4v) is 4.66. The van der Waals surface area contributed by atoms with Crippen LogP contribution in [-0.2, 0) is 16.0 Å². The lowest BCUT2D eigenvalue weighted by Gasteiger charge is -2.22. The fraction of sp³-hybridized carbons (Fsp3) is 0.154. The Kier molecular flexibility index (Phi) is 4.98. The number of anilines is 2. The number of carbonyl (C=O) groups is 2. The molecule has 6 heteroatoms. The molecule has 0 N–H and O–H groups in total. The smallest absolute Gasteiger partial charge is 0.282 e. The summed E-state index contributed by atoms with van der Waals surface area (Å²) < 4.78 is 5.55. The molecule has 0 bridgehead atoms. The van der Waals surface area contributed by atoms with Gasteiger partial charge in [-0.3, -0.25) is 9.59 Å². The van der Waals surface area contributed by atoms with E-state index in [1.54, 1.807) is 31.4 Å². The predicted octanol–water partition coefficient (Wildman–Crippen LogP) is 5.00. The van der Waals surface area contributed by atoms with Crippen molar-refractivity contribution in [2.75, 3.05) is 23.5 Å². The molecule has 160 valence electrons. The van der Waals surface area contributed by atoms with Crippen LogP contribution in [0, 0.1) is 6.92 Å². The number of benzene rings is 3. The van der Waals surface area contributed by atoms with E-state index >= 15 is 0 Å². The number of imide groups is 1. The number of hydrogen-bond acceptors (Lipinski definition) is 4. The molecule has 2 aliphatic rings. The molecule has 5 rings (SSSR count). The lowest BCUT2D eigenvalue weighted by atomic mass is 10.0. The third kappa shape index (κ3) is 3.00. The summed E-state index contributed by atoms with van der Waals surface area (Å²) in [6.07, 6.45) is 0.802. The first-order valence-corrected chi connectivity index (χ1v) is 10.8. The van der Waals surface area contributed by atoms with E-state index in [2.05, 4.69) is 6.07 Å². The van der Waals surface area contributed by atoms with Crippen LogP contribution in [0.5, 0.6) is 5.75 Å². The zero-order valence-corrected chi connectivity index (χ0v) is 18.5. The van der Waals surface area contributed by atoms with Gasteiger partial charge in [-0.2, -0.15) is 0 Å². The lowest BCUT2D eigenvalue weighted by molar-refractivity contribution is -0.120. The average molecular weight is 445 g/mol. The molecule has 0 saturated heterocycles. The maximum atomic E-state index is 13.9. The molecule has 3 aromatic rings. The number of halogens is 1. The molecule has 0 atom stereocenters. The molecule has 0 radical (unpaired) electrons. The zero-order valence-electron chi connectivity index (χ0n) is 17.8.